The number of aromatic hydroxyl groups is 1. The maximum Gasteiger partial charge on any atom is 0.292 e. The van der Waals surface area contributed by atoms with E-state index >= 15 is 0 Å². The number of hydrogen-bond acceptors (Lipinski definition) is 3. The van der Waals surface area contributed by atoms with Crippen LogP contribution in [-0.4, -0.2) is 18.7 Å². The second kappa shape index (κ2) is 6.61. The van der Waals surface area contributed by atoms with Crippen LogP contribution in [0.3, 0.4) is 0 Å². The van der Waals surface area contributed by atoms with Crippen LogP contribution in [-0.2, 0) is 9.53 Å². The third-order valence-electron chi connectivity index (χ3n) is 0.852. The van der Waals surface area contributed by atoms with E-state index < -0.39 is 0 Å². The Hall–Kier alpha value is -1.51. The van der Waals surface area contributed by atoms with Crippen LogP contribution >= 0.6 is 0 Å². The number of phenolic OH excluding ortho intramolecular Hbond substituents is 1. The zero-order valence-corrected chi connectivity index (χ0v) is 6.23. The molecule has 0 fully saturated rings. The molecule has 0 unspecified atom stereocenters. The van der Waals surface area contributed by atoms with Gasteiger partial charge in [0.05, 0.1) is 7.11 Å². The van der Waals surface area contributed by atoms with Crippen LogP contribution in [0.2, 0.25) is 0 Å². The highest BCUT2D eigenvalue weighted by molar-refractivity contribution is 5.36. The molecule has 0 saturated heterocycles. The molecule has 0 bridgehead atoms. The molecule has 0 heterocycles. The molecule has 1 rings (SSSR count). The highest BCUT2D eigenvalue weighted by atomic mass is 16.5. The van der Waals surface area contributed by atoms with Crippen LogP contribution in [0, 0.1) is 0 Å². The van der Waals surface area contributed by atoms with Crippen molar-refractivity contribution in [2.24, 2.45) is 0 Å². The van der Waals surface area contributed by atoms with E-state index in [2.05, 4.69) is 4.74 Å². The van der Waals surface area contributed by atoms with Crippen LogP contribution in [0.15, 0.2) is 30.3 Å². The van der Waals surface area contributed by atoms with Crippen LogP contribution in [0.25, 0.3) is 0 Å². The first kappa shape index (κ1) is 9.49. The van der Waals surface area contributed by atoms with Gasteiger partial charge in [0.15, 0.2) is 0 Å². The van der Waals surface area contributed by atoms with Crippen molar-refractivity contribution in [1.29, 1.82) is 0 Å². The number of rotatable bonds is 1. The summed E-state index contributed by atoms with van der Waals surface area (Å²) in [5, 5.41) is 8.63. The van der Waals surface area contributed by atoms with E-state index in [1.165, 1.54) is 7.11 Å². The third kappa shape index (κ3) is 6.37. The summed E-state index contributed by atoms with van der Waals surface area (Å²) in [7, 11) is 1.31. The molecule has 0 aliphatic heterocycles. The number of phenols is 1. The van der Waals surface area contributed by atoms with Crippen molar-refractivity contribution in [3.8, 4) is 5.75 Å². The quantitative estimate of drug-likeness (QED) is 0.618. The topological polar surface area (TPSA) is 46.5 Å². The average molecular weight is 154 g/mol. The molecule has 0 aliphatic rings. The van der Waals surface area contributed by atoms with Gasteiger partial charge in [-0.3, -0.25) is 4.79 Å². The fourth-order valence-electron chi connectivity index (χ4n) is 0.428. The first-order chi connectivity index (χ1) is 5.31. The molecule has 0 amide bonds. The number of hydrogen-bond donors (Lipinski definition) is 1. The number of ether oxygens (including phenoxy) is 1. The van der Waals surface area contributed by atoms with Crippen LogP contribution in [0.4, 0.5) is 0 Å². The SMILES string of the molecule is COC=O.Oc1ccccc1. The summed E-state index contributed by atoms with van der Waals surface area (Å²) in [6.45, 7) is 0.375. The predicted octanol–water partition coefficient (Wildman–Crippen LogP) is 1.18. The molecule has 1 aromatic rings. The molecule has 1 N–H and O–H groups in total. The van der Waals surface area contributed by atoms with Gasteiger partial charge in [-0.1, -0.05) is 18.2 Å². The summed E-state index contributed by atoms with van der Waals surface area (Å²) in [5.41, 5.74) is 0. The molecule has 11 heavy (non-hydrogen) atoms. The lowest BCUT2D eigenvalue weighted by Crippen LogP contribution is -1.68. The lowest BCUT2D eigenvalue weighted by Gasteiger charge is -1.82. The Bertz CT molecular complexity index is 184. The van der Waals surface area contributed by atoms with Gasteiger partial charge in [0.1, 0.15) is 5.75 Å². The Morgan fingerprint density at radius 3 is 2.00 bits per heavy atom. The average Bonchev–Trinajstić information content (AvgIpc) is 2.07. The highest BCUT2D eigenvalue weighted by Crippen LogP contribution is 2.02. The maximum atomic E-state index is 8.95. The van der Waals surface area contributed by atoms with Gasteiger partial charge >= 0.3 is 0 Å². The Labute approximate surface area is 65.2 Å². The summed E-state index contributed by atoms with van der Waals surface area (Å²) < 4.78 is 3.86. The Balaban J connectivity index is 0.000000218. The van der Waals surface area contributed by atoms with Gasteiger partial charge in [0, 0.05) is 0 Å². The molecule has 0 radical (unpaired) electrons. The van der Waals surface area contributed by atoms with E-state index in [1.54, 1.807) is 24.3 Å². The minimum Gasteiger partial charge on any atom is -0.508 e. The first-order valence-electron chi connectivity index (χ1n) is 3.01. The largest absolute Gasteiger partial charge is 0.508 e. The normalized spacial score (nSPS) is 7.36. The van der Waals surface area contributed by atoms with Crippen LogP contribution in [0.5, 0.6) is 5.75 Å². The molecular weight excluding hydrogens is 144 g/mol. The predicted molar refractivity (Wildman–Crippen MR) is 41.2 cm³/mol. The van der Waals surface area contributed by atoms with E-state index in [9.17, 15) is 0 Å². The molecule has 0 aliphatic carbocycles. The first-order valence-corrected chi connectivity index (χ1v) is 3.01. The molecule has 0 saturated carbocycles. The van der Waals surface area contributed by atoms with Crippen molar-refractivity contribution in [2.75, 3.05) is 7.11 Å². The van der Waals surface area contributed by atoms with Gasteiger partial charge in [0.2, 0.25) is 0 Å². The van der Waals surface area contributed by atoms with Crippen molar-refractivity contribution in [3.63, 3.8) is 0 Å². The van der Waals surface area contributed by atoms with Gasteiger partial charge in [-0.15, -0.1) is 0 Å². The molecule has 3 nitrogen and oxygen atoms in total. The van der Waals surface area contributed by atoms with Gasteiger partial charge in [0.25, 0.3) is 6.47 Å². The van der Waals surface area contributed by atoms with E-state index in [0.29, 0.717) is 12.2 Å². The van der Waals surface area contributed by atoms with Crippen molar-refractivity contribution >= 4 is 6.47 Å². The van der Waals surface area contributed by atoms with Gasteiger partial charge < -0.3 is 9.84 Å². The van der Waals surface area contributed by atoms with Crippen molar-refractivity contribution in [1.82, 2.24) is 0 Å². The van der Waals surface area contributed by atoms with Crippen LogP contribution < -0.4 is 0 Å². The molecular formula is C8H10O3. The number of carbonyl (C=O) groups is 1. The Kier molecular flexibility index (Phi) is 5.70. The standard InChI is InChI=1S/C6H6O.C2H4O2/c7-6-4-2-1-3-5-6;1-4-2-3/h1-5,7H;2H,1H3. The van der Waals surface area contributed by atoms with E-state index in [1.807, 2.05) is 6.07 Å². The monoisotopic (exact) mass is 154 g/mol. The lowest BCUT2D eigenvalue weighted by atomic mass is 10.3. The summed E-state index contributed by atoms with van der Waals surface area (Å²) in [6, 6.07) is 8.71. The number of para-hydroxylation sites is 1. The molecule has 1 aromatic carbocycles. The number of methoxy groups -OCH3 is 1. The molecule has 0 spiro atoms. The molecule has 3 heteroatoms. The minimum atomic E-state index is 0.322. The smallest absolute Gasteiger partial charge is 0.292 e. The van der Waals surface area contributed by atoms with E-state index in [4.69, 9.17) is 9.90 Å². The van der Waals surface area contributed by atoms with Gasteiger partial charge in [-0.2, -0.15) is 0 Å². The molecule has 0 aromatic heterocycles. The van der Waals surface area contributed by atoms with Crippen molar-refractivity contribution in [3.05, 3.63) is 30.3 Å². The van der Waals surface area contributed by atoms with Crippen molar-refractivity contribution < 1.29 is 14.6 Å². The zero-order chi connectivity index (χ0) is 8.53. The van der Waals surface area contributed by atoms with Crippen molar-refractivity contribution in [2.45, 2.75) is 0 Å². The highest BCUT2D eigenvalue weighted by Gasteiger charge is 1.74. The fourth-order valence-corrected chi connectivity index (χ4v) is 0.428. The van der Waals surface area contributed by atoms with E-state index in [-0.39, 0.29) is 0 Å². The molecule has 0 atom stereocenters. The maximum absolute atomic E-state index is 8.95. The minimum absolute atomic E-state index is 0.322. The number of benzene rings is 1. The Morgan fingerprint density at radius 2 is 1.82 bits per heavy atom. The molecule has 60 valence electrons. The third-order valence-corrected chi connectivity index (χ3v) is 0.852. The summed E-state index contributed by atoms with van der Waals surface area (Å²) in [4.78, 5) is 8.95. The summed E-state index contributed by atoms with van der Waals surface area (Å²) in [6.07, 6.45) is 0. The van der Waals surface area contributed by atoms with Gasteiger partial charge in [-0.25, -0.2) is 0 Å². The van der Waals surface area contributed by atoms with E-state index in [0.717, 1.165) is 0 Å². The van der Waals surface area contributed by atoms with Gasteiger partial charge in [-0.05, 0) is 12.1 Å². The summed E-state index contributed by atoms with van der Waals surface area (Å²) in [5.74, 6) is 0.322. The zero-order valence-electron chi connectivity index (χ0n) is 6.23. The fraction of sp³-hybridized carbons (Fsp3) is 0.125. The number of carbonyl (C=O) groups excluding carboxylic acids is 1. The second-order valence-corrected chi connectivity index (χ2v) is 1.67. The lowest BCUT2D eigenvalue weighted by molar-refractivity contribution is -0.126. The second-order valence-electron chi connectivity index (χ2n) is 1.67. The summed E-state index contributed by atoms with van der Waals surface area (Å²) >= 11 is 0. The Morgan fingerprint density at radius 1 is 1.36 bits per heavy atom. The van der Waals surface area contributed by atoms with Crippen LogP contribution in [0.1, 0.15) is 0 Å².